The number of hydrogen-bond acceptors (Lipinski definition) is 5. The summed E-state index contributed by atoms with van der Waals surface area (Å²) in [5.74, 6) is 0. The van der Waals surface area contributed by atoms with Crippen LogP contribution in [-0.2, 0) is 7.05 Å². The van der Waals surface area contributed by atoms with Crippen molar-refractivity contribution >= 4 is 22.2 Å². The number of aryl methyl sites for hydroxylation is 1. The Bertz CT molecular complexity index is 1240. The molecule has 1 N–H and O–H groups in total. The summed E-state index contributed by atoms with van der Waals surface area (Å²) < 4.78 is 3.42. The Morgan fingerprint density at radius 2 is 2.04 bits per heavy atom. The number of rotatable bonds is 2. The zero-order chi connectivity index (χ0) is 19.3. The molecule has 7 nitrogen and oxygen atoms in total. The summed E-state index contributed by atoms with van der Waals surface area (Å²) in [6, 6.07) is 12.0. The first-order valence-corrected chi connectivity index (χ1v) is 9.52. The molecule has 1 atom stereocenters. The lowest BCUT2D eigenvalue weighted by molar-refractivity contribution is 0.484. The molecule has 28 heavy (non-hydrogen) atoms. The summed E-state index contributed by atoms with van der Waals surface area (Å²) in [7, 11) is 1.90. The van der Waals surface area contributed by atoms with E-state index in [-0.39, 0.29) is 5.56 Å². The van der Waals surface area contributed by atoms with Crippen molar-refractivity contribution in [2.45, 2.75) is 13.0 Å². The van der Waals surface area contributed by atoms with Gasteiger partial charge in [-0.2, -0.15) is 5.10 Å². The molecule has 0 spiro atoms. The Labute approximate surface area is 162 Å². The van der Waals surface area contributed by atoms with Gasteiger partial charge in [0.1, 0.15) is 5.65 Å². The maximum Gasteiger partial charge on any atom is 0.258 e. The summed E-state index contributed by atoms with van der Waals surface area (Å²) >= 11 is 0. The van der Waals surface area contributed by atoms with Crippen molar-refractivity contribution in [2.24, 2.45) is 7.05 Å². The van der Waals surface area contributed by atoms with E-state index in [1.807, 2.05) is 49.8 Å². The Balaban J connectivity index is 1.56. The molecule has 0 radical (unpaired) electrons. The minimum absolute atomic E-state index is 0.0729. The zero-order valence-corrected chi connectivity index (χ0v) is 16.0. The minimum atomic E-state index is -0.0729. The highest BCUT2D eigenvalue weighted by molar-refractivity contribution is 5.83. The first kappa shape index (κ1) is 16.9. The van der Waals surface area contributed by atoms with Crippen LogP contribution in [0.5, 0.6) is 0 Å². The van der Waals surface area contributed by atoms with Gasteiger partial charge in [-0.3, -0.25) is 13.9 Å². The van der Waals surface area contributed by atoms with Gasteiger partial charge in [-0.25, -0.2) is 4.98 Å². The molecule has 0 amide bonds. The van der Waals surface area contributed by atoms with E-state index in [1.54, 1.807) is 15.1 Å². The van der Waals surface area contributed by atoms with Crippen molar-refractivity contribution in [2.75, 3.05) is 24.5 Å². The average Bonchev–Trinajstić information content (AvgIpc) is 3.07. The largest absolute Gasteiger partial charge is 0.368 e. The van der Waals surface area contributed by atoms with Gasteiger partial charge in [0.05, 0.1) is 16.9 Å². The van der Waals surface area contributed by atoms with Crippen molar-refractivity contribution in [3.63, 3.8) is 0 Å². The third-order valence-electron chi connectivity index (χ3n) is 5.29. The van der Waals surface area contributed by atoms with E-state index in [1.165, 1.54) is 0 Å². The fourth-order valence-corrected chi connectivity index (χ4v) is 3.90. The molecule has 0 aliphatic carbocycles. The summed E-state index contributed by atoms with van der Waals surface area (Å²) in [5.41, 5.74) is 4.16. The molecule has 4 heterocycles. The molecule has 1 fully saturated rings. The minimum Gasteiger partial charge on any atom is -0.368 e. The number of nitrogens with one attached hydrogen (secondary N) is 1. The van der Waals surface area contributed by atoms with E-state index in [0.29, 0.717) is 17.4 Å². The molecule has 0 unspecified atom stereocenters. The lowest BCUT2D eigenvalue weighted by Gasteiger charge is -2.33. The fraction of sp³-hybridized carbons (Fsp3) is 0.286. The van der Waals surface area contributed by atoms with Crippen LogP contribution in [0, 0.1) is 0 Å². The van der Waals surface area contributed by atoms with Gasteiger partial charge in [0.25, 0.3) is 5.56 Å². The first-order chi connectivity index (χ1) is 13.6. The smallest absolute Gasteiger partial charge is 0.258 e. The first-order valence-electron chi connectivity index (χ1n) is 9.52. The standard InChI is InChI=1S/C21H22N6O/c1-14-11-26(8-7-22-14)17-4-6-20-23-19(10-21(28)27(20)13-17)15-3-5-18-16(9-15)12-25(2)24-18/h3-6,9-10,12-14,22H,7-8,11H2,1-2H3/t14-/m0/s1. The van der Waals surface area contributed by atoms with Crippen molar-refractivity contribution in [3.05, 3.63) is 59.1 Å². The highest BCUT2D eigenvalue weighted by Crippen LogP contribution is 2.23. The van der Waals surface area contributed by atoms with Crippen LogP contribution >= 0.6 is 0 Å². The van der Waals surface area contributed by atoms with Crippen molar-refractivity contribution in [1.29, 1.82) is 0 Å². The Morgan fingerprint density at radius 3 is 2.89 bits per heavy atom. The van der Waals surface area contributed by atoms with Crippen LogP contribution in [0.3, 0.4) is 0 Å². The van der Waals surface area contributed by atoms with E-state index in [0.717, 1.165) is 41.8 Å². The number of pyridine rings is 1. The number of nitrogens with zero attached hydrogens (tertiary/aromatic N) is 5. The number of aromatic nitrogens is 4. The van der Waals surface area contributed by atoms with Crippen LogP contribution in [-0.4, -0.2) is 44.8 Å². The summed E-state index contributed by atoms with van der Waals surface area (Å²) in [4.78, 5) is 19.8. The number of hydrogen-bond donors (Lipinski definition) is 1. The van der Waals surface area contributed by atoms with Gasteiger partial charge in [0, 0.05) is 62.1 Å². The summed E-state index contributed by atoms with van der Waals surface area (Å²) in [6.45, 7) is 4.98. The van der Waals surface area contributed by atoms with E-state index < -0.39 is 0 Å². The van der Waals surface area contributed by atoms with Gasteiger partial charge in [-0.1, -0.05) is 6.07 Å². The second-order valence-electron chi connectivity index (χ2n) is 7.47. The summed E-state index contributed by atoms with van der Waals surface area (Å²) in [6.07, 6.45) is 3.87. The number of piperazine rings is 1. The Kier molecular flexibility index (Phi) is 3.91. The van der Waals surface area contributed by atoms with Gasteiger partial charge in [0.2, 0.25) is 0 Å². The summed E-state index contributed by atoms with van der Waals surface area (Å²) in [5, 5.41) is 8.87. The molecule has 7 heteroatoms. The molecule has 3 aromatic heterocycles. The normalized spacial score (nSPS) is 17.5. The third kappa shape index (κ3) is 2.93. The van der Waals surface area contributed by atoms with Crippen LogP contribution in [0.25, 0.3) is 27.8 Å². The molecule has 1 aliphatic rings. The van der Waals surface area contributed by atoms with Crippen molar-refractivity contribution in [1.82, 2.24) is 24.5 Å². The molecule has 0 bridgehead atoms. The van der Waals surface area contributed by atoms with Gasteiger partial charge in [-0.15, -0.1) is 0 Å². The maximum atomic E-state index is 12.8. The molecule has 5 rings (SSSR count). The quantitative estimate of drug-likeness (QED) is 0.582. The topological polar surface area (TPSA) is 67.5 Å². The fourth-order valence-electron chi connectivity index (χ4n) is 3.90. The number of anilines is 1. The Morgan fingerprint density at radius 1 is 1.14 bits per heavy atom. The van der Waals surface area contributed by atoms with Gasteiger partial charge in [-0.05, 0) is 31.2 Å². The highest BCUT2D eigenvalue weighted by Gasteiger charge is 2.17. The van der Waals surface area contributed by atoms with Crippen molar-refractivity contribution in [3.8, 4) is 11.3 Å². The van der Waals surface area contributed by atoms with E-state index in [4.69, 9.17) is 4.98 Å². The van der Waals surface area contributed by atoms with Crippen LogP contribution < -0.4 is 15.8 Å². The lowest BCUT2D eigenvalue weighted by atomic mass is 10.1. The lowest BCUT2D eigenvalue weighted by Crippen LogP contribution is -2.49. The number of fused-ring (bicyclic) bond motifs is 2. The molecule has 1 aromatic carbocycles. The monoisotopic (exact) mass is 374 g/mol. The zero-order valence-electron chi connectivity index (χ0n) is 16.0. The average molecular weight is 374 g/mol. The number of benzene rings is 1. The van der Waals surface area contributed by atoms with Crippen LogP contribution in [0.4, 0.5) is 5.69 Å². The maximum absolute atomic E-state index is 12.8. The van der Waals surface area contributed by atoms with E-state index in [9.17, 15) is 4.79 Å². The van der Waals surface area contributed by atoms with Gasteiger partial charge < -0.3 is 10.2 Å². The van der Waals surface area contributed by atoms with Gasteiger partial charge >= 0.3 is 0 Å². The van der Waals surface area contributed by atoms with Crippen molar-refractivity contribution < 1.29 is 0 Å². The molecular formula is C21H22N6O. The Hall–Kier alpha value is -3.19. The predicted octanol–water partition coefficient (Wildman–Crippen LogP) is 2.05. The van der Waals surface area contributed by atoms with Crippen LogP contribution in [0.2, 0.25) is 0 Å². The van der Waals surface area contributed by atoms with E-state index in [2.05, 4.69) is 22.2 Å². The molecule has 142 valence electrons. The molecular weight excluding hydrogens is 352 g/mol. The second kappa shape index (κ2) is 6.45. The predicted molar refractivity (Wildman–Crippen MR) is 111 cm³/mol. The van der Waals surface area contributed by atoms with Crippen LogP contribution in [0.15, 0.2) is 53.6 Å². The SMILES string of the molecule is C[C@H]1CN(c2ccc3nc(-c4ccc5nn(C)cc5c4)cc(=O)n3c2)CCN1. The van der Waals surface area contributed by atoms with Crippen LogP contribution in [0.1, 0.15) is 6.92 Å². The molecule has 1 saturated heterocycles. The van der Waals surface area contributed by atoms with Gasteiger partial charge in [0.15, 0.2) is 0 Å². The van der Waals surface area contributed by atoms with E-state index >= 15 is 0 Å². The second-order valence-corrected chi connectivity index (χ2v) is 7.47. The molecule has 4 aromatic rings. The molecule has 0 saturated carbocycles. The third-order valence-corrected chi connectivity index (χ3v) is 5.29. The highest BCUT2D eigenvalue weighted by atomic mass is 16.1. The molecule has 1 aliphatic heterocycles.